The quantitative estimate of drug-likeness (QED) is 0.858. The van der Waals surface area contributed by atoms with Gasteiger partial charge in [-0.15, -0.1) is 0 Å². The van der Waals surface area contributed by atoms with Crippen LogP contribution in [0.15, 0.2) is 59.5 Å². The van der Waals surface area contributed by atoms with E-state index in [-0.39, 0.29) is 29.3 Å². The molecule has 1 aliphatic heterocycles. The predicted molar refractivity (Wildman–Crippen MR) is 106 cm³/mol. The summed E-state index contributed by atoms with van der Waals surface area (Å²) in [4.78, 5) is 13.0. The van der Waals surface area contributed by atoms with Crippen LogP contribution in [0.4, 0.5) is 0 Å². The largest absolute Gasteiger partial charge is 0.349 e. The molecule has 1 unspecified atom stereocenters. The Bertz CT molecular complexity index is 879. The molecule has 0 bridgehead atoms. The van der Waals surface area contributed by atoms with E-state index in [1.54, 1.807) is 24.3 Å². The van der Waals surface area contributed by atoms with Gasteiger partial charge in [0.15, 0.2) is 0 Å². The molecular formula is C21H26N2O3S. The van der Waals surface area contributed by atoms with E-state index in [0.29, 0.717) is 19.4 Å². The lowest BCUT2D eigenvalue weighted by molar-refractivity contribution is -0.126. The van der Waals surface area contributed by atoms with Crippen molar-refractivity contribution in [2.24, 2.45) is 5.92 Å². The normalized spacial score (nSPS) is 19.4. The van der Waals surface area contributed by atoms with Crippen LogP contribution in [0.1, 0.15) is 36.9 Å². The van der Waals surface area contributed by atoms with E-state index >= 15 is 0 Å². The highest BCUT2D eigenvalue weighted by molar-refractivity contribution is 7.89. The highest BCUT2D eigenvalue weighted by Crippen LogP contribution is 2.25. The summed E-state index contributed by atoms with van der Waals surface area (Å²) >= 11 is 0. The molecule has 27 heavy (non-hydrogen) atoms. The third kappa shape index (κ3) is 4.57. The van der Waals surface area contributed by atoms with Crippen LogP contribution in [-0.2, 0) is 14.8 Å². The van der Waals surface area contributed by atoms with Crippen molar-refractivity contribution in [2.75, 3.05) is 13.1 Å². The second-order valence-corrected chi connectivity index (χ2v) is 9.09. The summed E-state index contributed by atoms with van der Waals surface area (Å²) < 4.78 is 27.3. The number of hydrogen-bond donors (Lipinski definition) is 1. The number of aryl methyl sites for hydroxylation is 1. The number of sulfonamides is 1. The van der Waals surface area contributed by atoms with Crippen LogP contribution in [0, 0.1) is 12.8 Å². The summed E-state index contributed by atoms with van der Waals surface area (Å²) in [6, 6.07) is 16.5. The van der Waals surface area contributed by atoms with Gasteiger partial charge in [-0.3, -0.25) is 4.79 Å². The van der Waals surface area contributed by atoms with Crippen molar-refractivity contribution in [1.29, 1.82) is 0 Å². The Hall–Kier alpha value is -2.18. The lowest BCUT2D eigenvalue weighted by atomic mass is 9.98. The van der Waals surface area contributed by atoms with Crippen LogP contribution in [0.25, 0.3) is 0 Å². The minimum Gasteiger partial charge on any atom is -0.349 e. The van der Waals surface area contributed by atoms with Crippen LogP contribution >= 0.6 is 0 Å². The fraction of sp³-hybridized carbons (Fsp3) is 0.381. The second-order valence-electron chi connectivity index (χ2n) is 7.16. The maximum absolute atomic E-state index is 12.9. The van der Waals surface area contributed by atoms with Gasteiger partial charge in [-0.05, 0) is 44.4 Å². The van der Waals surface area contributed by atoms with E-state index < -0.39 is 10.0 Å². The number of rotatable bonds is 5. The van der Waals surface area contributed by atoms with Crippen LogP contribution in [0.3, 0.4) is 0 Å². The average Bonchev–Trinajstić information content (AvgIpc) is 2.69. The summed E-state index contributed by atoms with van der Waals surface area (Å²) in [5.74, 6) is -0.416. The number of nitrogens with zero attached hydrogens (tertiary/aromatic N) is 1. The molecule has 6 heteroatoms. The molecule has 1 amide bonds. The number of piperidine rings is 1. The molecular weight excluding hydrogens is 360 g/mol. The number of benzene rings is 2. The monoisotopic (exact) mass is 386 g/mol. The molecule has 0 aliphatic carbocycles. The molecule has 1 heterocycles. The van der Waals surface area contributed by atoms with Crippen molar-refractivity contribution in [1.82, 2.24) is 9.62 Å². The fourth-order valence-electron chi connectivity index (χ4n) is 3.39. The standard InChI is InChI=1S/C21H26N2O3S/c1-16-10-12-20(13-11-16)27(25,26)23-14-6-9-19(15-23)21(24)22-17(2)18-7-4-3-5-8-18/h3-5,7-8,10-13,17,19H,6,9,14-15H2,1-2H3,(H,22,24)/t17-,19?/m0/s1. The minimum atomic E-state index is -3.57. The van der Waals surface area contributed by atoms with Gasteiger partial charge in [-0.2, -0.15) is 4.31 Å². The lowest BCUT2D eigenvalue weighted by Crippen LogP contribution is -2.45. The Morgan fingerprint density at radius 1 is 1.11 bits per heavy atom. The van der Waals surface area contributed by atoms with Gasteiger partial charge < -0.3 is 5.32 Å². The van der Waals surface area contributed by atoms with Gasteiger partial charge in [0, 0.05) is 13.1 Å². The van der Waals surface area contributed by atoms with Gasteiger partial charge >= 0.3 is 0 Å². The van der Waals surface area contributed by atoms with Crippen molar-refractivity contribution in [2.45, 2.75) is 37.6 Å². The third-order valence-electron chi connectivity index (χ3n) is 5.07. The Balaban J connectivity index is 1.68. The lowest BCUT2D eigenvalue weighted by Gasteiger charge is -2.32. The average molecular weight is 387 g/mol. The highest BCUT2D eigenvalue weighted by atomic mass is 32.2. The van der Waals surface area contributed by atoms with Gasteiger partial charge in [-0.25, -0.2) is 8.42 Å². The Morgan fingerprint density at radius 2 is 1.78 bits per heavy atom. The summed E-state index contributed by atoms with van der Waals surface area (Å²) in [5, 5.41) is 3.02. The van der Waals surface area contributed by atoms with E-state index in [4.69, 9.17) is 0 Å². The second kappa shape index (κ2) is 8.23. The topological polar surface area (TPSA) is 66.5 Å². The number of nitrogens with one attached hydrogen (secondary N) is 1. The molecule has 5 nitrogen and oxygen atoms in total. The van der Waals surface area contributed by atoms with Gasteiger partial charge in [0.1, 0.15) is 0 Å². The molecule has 3 rings (SSSR count). The summed E-state index contributed by atoms with van der Waals surface area (Å²) in [6.45, 7) is 4.54. The molecule has 0 spiro atoms. The van der Waals surface area contributed by atoms with Gasteiger partial charge in [0.25, 0.3) is 0 Å². The zero-order valence-electron chi connectivity index (χ0n) is 15.8. The van der Waals surface area contributed by atoms with Crippen LogP contribution in [0.2, 0.25) is 0 Å². The highest BCUT2D eigenvalue weighted by Gasteiger charge is 2.33. The van der Waals surface area contributed by atoms with Crippen LogP contribution < -0.4 is 5.32 Å². The molecule has 144 valence electrons. The van der Waals surface area contributed by atoms with E-state index in [0.717, 1.165) is 11.1 Å². The summed E-state index contributed by atoms with van der Waals surface area (Å²) in [5.41, 5.74) is 2.05. The van der Waals surface area contributed by atoms with Crippen molar-refractivity contribution >= 4 is 15.9 Å². The van der Waals surface area contributed by atoms with Gasteiger partial charge in [0.2, 0.25) is 15.9 Å². The Kier molecular flexibility index (Phi) is 5.97. The van der Waals surface area contributed by atoms with E-state index in [9.17, 15) is 13.2 Å². The fourth-order valence-corrected chi connectivity index (χ4v) is 4.91. The summed E-state index contributed by atoms with van der Waals surface area (Å²) in [6.07, 6.45) is 1.39. The van der Waals surface area contributed by atoms with Crippen molar-refractivity contribution in [3.8, 4) is 0 Å². The number of amides is 1. The molecule has 2 aromatic rings. The van der Waals surface area contributed by atoms with E-state index in [1.807, 2.05) is 44.2 Å². The zero-order valence-corrected chi connectivity index (χ0v) is 16.6. The van der Waals surface area contributed by atoms with Gasteiger partial charge in [-0.1, -0.05) is 48.0 Å². The van der Waals surface area contributed by atoms with E-state index in [1.165, 1.54) is 4.31 Å². The van der Waals surface area contributed by atoms with Crippen LogP contribution in [-0.4, -0.2) is 31.7 Å². The first-order chi connectivity index (χ1) is 12.9. The Morgan fingerprint density at radius 3 is 2.44 bits per heavy atom. The third-order valence-corrected chi connectivity index (χ3v) is 6.95. The molecule has 1 saturated heterocycles. The maximum atomic E-state index is 12.9. The van der Waals surface area contributed by atoms with Crippen molar-refractivity contribution in [3.05, 3.63) is 65.7 Å². The predicted octanol–water partition coefficient (Wildman–Crippen LogP) is 3.27. The van der Waals surface area contributed by atoms with Crippen LogP contribution in [0.5, 0.6) is 0 Å². The first-order valence-electron chi connectivity index (χ1n) is 9.30. The minimum absolute atomic E-state index is 0.0878. The van der Waals surface area contributed by atoms with Crippen molar-refractivity contribution < 1.29 is 13.2 Å². The number of carbonyl (C=O) groups excluding carboxylic acids is 1. The number of carbonyl (C=O) groups is 1. The molecule has 1 N–H and O–H groups in total. The Labute approximate surface area is 161 Å². The molecule has 0 saturated carbocycles. The molecule has 0 radical (unpaired) electrons. The van der Waals surface area contributed by atoms with Crippen molar-refractivity contribution in [3.63, 3.8) is 0 Å². The SMILES string of the molecule is Cc1ccc(S(=O)(=O)N2CCCC(C(=O)N[C@@H](C)c3ccccc3)C2)cc1. The molecule has 2 aromatic carbocycles. The first-order valence-corrected chi connectivity index (χ1v) is 10.7. The summed E-state index contributed by atoms with van der Waals surface area (Å²) in [7, 11) is -3.57. The molecule has 2 atom stereocenters. The first kappa shape index (κ1) is 19.6. The maximum Gasteiger partial charge on any atom is 0.243 e. The molecule has 1 aliphatic rings. The van der Waals surface area contributed by atoms with Gasteiger partial charge in [0.05, 0.1) is 16.9 Å². The molecule has 1 fully saturated rings. The molecule has 0 aromatic heterocycles. The smallest absolute Gasteiger partial charge is 0.243 e. The zero-order chi connectivity index (χ0) is 19.4. The van der Waals surface area contributed by atoms with E-state index in [2.05, 4.69) is 5.32 Å². The number of hydrogen-bond acceptors (Lipinski definition) is 3.